The minimum absolute atomic E-state index is 0.00281. The summed E-state index contributed by atoms with van der Waals surface area (Å²) in [4.78, 5) is 22.7. The van der Waals surface area contributed by atoms with Gasteiger partial charge in [-0.1, -0.05) is 0 Å². The molecule has 1 aliphatic rings. The van der Waals surface area contributed by atoms with Gasteiger partial charge in [0.25, 0.3) is 0 Å². The number of hydrogen-bond donors (Lipinski definition) is 2. The standard InChI is InChI=1S/C13H24N2O4/c1-2-19-13(17)4-3-7-14-10-12(16)15-11-5-8-18-9-6-11/h11,14H,2-10H2,1H3,(H,15,16). The molecule has 1 heterocycles. The van der Waals surface area contributed by atoms with Crippen LogP contribution in [0.25, 0.3) is 0 Å². The van der Waals surface area contributed by atoms with Gasteiger partial charge in [0.15, 0.2) is 0 Å². The highest BCUT2D eigenvalue weighted by atomic mass is 16.5. The maximum atomic E-state index is 11.6. The fourth-order valence-corrected chi connectivity index (χ4v) is 1.91. The largest absolute Gasteiger partial charge is 0.466 e. The molecule has 0 radical (unpaired) electrons. The minimum atomic E-state index is -0.184. The first kappa shape index (κ1) is 15.9. The van der Waals surface area contributed by atoms with Crippen molar-refractivity contribution in [3.8, 4) is 0 Å². The van der Waals surface area contributed by atoms with Gasteiger partial charge in [-0.2, -0.15) is 0 Å². The van der Waals surface area contributed by atoms with Gasteiger partial charge in [0.1, 0.15) is 0 Å². The summed E-state index contributed by atoms with van der Waals surface area (Å²) in [6.45, 7) is 4.58. The number of carbonyl (C=O) groups excluding carboxylic acids is 2. The first-order valence-corrected chi connectivity index (χ1v) is 6.95. The predicted octanol–water partition coefficient (Wildman–Crippen LogP) is 0.215. The molecule has 0 spiro atoms. The zero-order chi connectivity index (χ0) is 13.9. The average Bonchev–Trinajstić information content (AvgIpc) is 2.40. The Morgan fingerprint density at radius 2 is 2.05 bits per heavy atom. The van der Waals surface area contributed by atoms with E-state index >= 15 is 0 Å². The molecule has 0 unspecified atom stereocenters. The van der Waals surface area contributed by atoms with E-state index in [2.05, 4.69) is 10.6 Å². The van der Waals surface area contributed by atoms with Crippen LogP contribution in [0.3, 0.4) is 0 Å². The molecule has 0 aromatic carbocycles. The molecular weight excluding hydrogens is 248 g/mol. The van der Waals surface area contributed by atoms with Gasteiger partial charge in [-0.05, 0) is 32.7 Å². The molecule has 1 saturated heterocycles. The van der Waals surface area contributed by atoms with Gasteiger partial charge >= 0.3 is 5.97 Å². The van der Waals surface area contributed by atoms with E-state index in [0.717, 1.165) is 26.1 Å². The number of carbonyl (C=O) groups is 2. The number of ether oxygens (including phenoxy) is 2. The van der Waals surface area contributed by atoms with Gasteiger partial charge < -0.3 is 20.1 Å². The molecule has 1 amide bonds. The van der Waals surface area contributed by atoms with E-state index in [4.69, 9.17) is 9.47 Å². The number of nitrogens with one attached hydrogen (secondary N) is 2. The second-order valence-corrected chi connectivity index (χ2v) is 4.54. The summed E-state index contributed by atoms with van der Waals surface area (Å²) in [5.74, 6) is -0.181. The lowest BCUT2D eigenvalue weighted by atomic mass is 10.1. The quantitative estimate of drug-likeness (QED) is 0.488. The Balaban J connectivity index is 1.96. The van der Waals surface area contributed by atoms with E-state index in [9.17, 15) is 9.59 Å². The maximum absolute atomic E-state index is 11.6. The van der Waals surface area contributed by atoms with Gasteiger partial charge in [-0.15, -0.1) is 0 Å². The Labute approximate surface area is 114 Å². The topological polar surface area (TPSA) is 76.7 Å². The van der Waals surface area contributed by atoms with Crippen LogP contribution in [0.4, 0.5) is 0 Å². The Bertz CT molecular complexity index is 278. The highest BCUT2D eigenvalue weighted by Crippen LogP contribution is 2.05. The van der Waals surface area contributed by atoms with Gasteiger partial charge in [0, 0.05) is 25.7 Å². The summed E-state index contributed by atoms with van der Waals surface area (Å²) in [5, 5.41) is 5.99. The molecule has 110 valence electrons. The van der Waals surface area contributed by atoms with Crippen LogP contribution >= 0.6 is 0 Å². The van der Waals surface area contributed by atoms with Crippen LogP contribution in [0, 0.1) is 0 Å². The molecule has 6 nitrogen and oxygen atoms in total. The van der Waals surface area contributed by atoms with E-state index < -0.39 is 0 Å². The van der Waals surface area contributed by atoms with Crippen LogP contribution in [0.5, 0.6) is 0 Å². The third-order valence-electron chi connectivity index (χ3n) is 2.91. The first-order chi connectivity index (χ1) is 9.22. The van der Waals surface area contributed by atoms with Crippen molar-refractivity contribution in [2.45, 2.75) is 38.6 Å². The Morgan fingerprint density at radius 1 is 1.32 bits per heavy atom. The lowest BCUT2D eigenvalue weighted by Crippen LogP contribution is -2.43. The van der Waals surface area contributed by atoms with Gasteiger partial charge in [-0.25, -0.2) is 0 Å². The van der Waals surface area contributed by atoms with Crippen LogP contribution in [0.1, 0.15) is 32.6 Å². The highest BCUT2D eigenvalue weighted by molar-refractivity contribution is 5.78. The lowest BCUT2D eigenvalue weighted by molar-refractivity contribution is -0.143. The molecule has 0 atom stereocenters. The van der Waals surface area contributed by atoms with Crippen molar-refractivity contribution < 1.29 is 19.1 Å². The molecule has 1 rings (SSSR count). The zero-order valence-electron chi connectivity index (χ0n) is 11.6. The second-order valence-electron chi connectivity index (χ2n) is 4.54. The fraction of sp³-hybridized carbons (Fsp3) is 0.846. The normalized spacial score (nSPS) is 16.1. The Hall–Kier alpha value is -1.14. The maximum Gasteiger partial charge on any atom is 0.305 e. The monoisotopic (exact) mass is 272 g/mol. The zero-order valence-corrected chi connectivity index (χ0v) is 11.6. The third kappa shape index (κ3) is 7.79. The minimum Gasteiger partial charge on any atom is -0.466 e. The molecule has 19 heavy (non-hydrogen) atoms. The van der Waals surface area contributed by atoms with Crippen molar-refractivity contribution in [3.05, 3.63) is 0 Å². The summed E-state index contributed by atoms with van der Waals surface area (Å²) >= 11 is 0. The average molecular weight is 272 g/mol. The van der Waals surface area contributed by atoms with E-state index in [-0.39, 0.29) is 17.9 Å². The molecule has 2 N–H and O–H groups in total. The van der Waals surface area contributed by atoms with Crippen LogP contribution in [-0.2, 0) is 19.1 Å². The Kier molecular flexibility index (Phi) is 8.16. The van der Waals surface area contributed by atoms with E-state index in [0.29, 0.717) is 32.5 Å². The number of hydrogen-bond acceptors (Lipinski definition) is 5. The van der Waals surface area contributed by atoms with Crippen LogP contribution in [-0.4, -0.2) is 50.8 Å². The molecule has 0 aromatic heterocycles. The third-order valence-corrected chi connectivity index (χ3v) is 2.91. The predicted molar refractivity (Wildman–Crippen MR) is 70.7 cm³/mol. The second kappa shape index (κ2) is 9.75. The van der Waals surface area contributed by atoms with Crippen molar-refractivity contribution >= 4 is 11.9 Å². The molecule has 0 aliphatic carbocycles. The van der Waals surface area contributed by atoms with E-state index in [1.807, 2.05) is 0 Å². The van der Waals surface area contributed by atoms with Gasteiger partial charge in [-0.3, -0.25) is 9.59 Å². The number of rotatable bonds is 8. The molecule has 6 heteroatoms. The lowest BCUT2D eigenvalue weighted by Gasteiger charge is -2.23. The van der Waals surface area contributed by atoms with Crippen molar-refractivity contribution in [2.24, 2.45) is 0 Å². The molecule has 0 aromatic rings. The van der Waals surface area contributed by atoms with Crippen molar-refractivity contribution in [3.63, 3.8) is 0 Å². The summed E-state index contributed by atoms with van der Waals surface area (Å²) in [6, 6.07) is 0.239. The molecule has 0 saturated carbocycles. The smallest absolute Gasteiger partial charge is 0.305 e. The molecular formula is C13H24N2O4. The SMILES string of the molecule is CCOC(=O)CCCNCC(=O)NC1CCOCC1. The van der Waals surface area contributed by atoms with Crippen molar-refractivity contribution in [1.29, 1.82) is 0 Å². The van der Waals surface area contributed by atoms with Gasteiger partial charge in [0.2, 0.25) is 5.91 Å². The fourth-order valence-electron chi connectivity index (χ4n) is 1.91. The number of esters is 1. The highest BCUT2D eigenvalue weighted by Gasteiger charge is 2.15. The van der Waals surface area contributed by atoms with Crippen LogP contribution in [0.15, 0.2) is 0 Å². The molecule has 1 fully saturated rings. The summed E-state index contributed by atoms with van der Waals surface area (Å²) < 4.78 is 10.0. The van der Waals surface area contributed by atoms with Crippen molar-refractivity contribution in [1.82, 2.24) is 10.6 Å². The summed E-state index contributed by atoms with van der Waals surface area (Å²) in [6.07, 6.45) is 2.84. The summed E-state index contributed by atoms with van der Waals surface area (Å²) in [5.41, 5.74) is 0. The van der Waals surface area contributed by atoms with Gasteiger partial charge in [0.05, 0.1) is 13.2 Å². The van der Waals surface area contributed by atoms with Crippen LogP contribution in [0.2, 0.25) is 0 Å². The molecule has 1 aliphatic heterocycles. The van der Waals surface area contributed by atoms with E-state index in [1.54, 1.807) is 6.92 Å². The van der Waals surface area contributed by atoms with E-state index in [1.165, 1.54) is 0 Å². The Morgan fingerprint density at radius 3 is 2.74 bits per heavy atom. The summed E-state index contributed by atoms with van der Waals surface area (Å²) in [7, 11) is 0. The number of amides is 1. The van der Waals surface area contributed by atoms with Crippen LogP contribution < -0.4 is 10.6 Å². The first-order valence-electron chi connectivity index (χ1n) is 6.95. The van der Waals surface area contributed by atoms with Crippen molar-refractivity contribution in [2.75, 3.05) is 32.9 Å². The molecule has 0 bridgehead atoms.